The average molecular weight is 298 g/mol. The van der Waals surface area contributed by atoms with Gasteiger partial charge in [0.1, 0.15) is 12.0 Å². The number of aromatic nitrogens is 2. The standard InChI is InChI=1S/C14H24ClN5/c1-16-11-12(15)18-10-19-13(11)17-8-14(9-20(2)3)6-4-5-7-14/h10,16H,4-9H2,1-3H3,(H,17,18,19). The van der Waals surface area contributed by atoms with Gasteiger partial charge in [-0.3, -0.25) is 0 Å². The Bertz CT molecular complexity index is 443. The van der Waals surface area contributed by atoms with Gasteiger partial charge in [-0.15, -0.1) is 0 Å². The van der Waals surface area contributed by atoms with Crippen molar-refractivity contribution < 1.29 is 0 Å². The van der Waals surface area contributed by atoms with Gasteiger partial charge in [0.15, 0.2) is 11.0 Å². The molecule has 1 saturated carbocycles. The molecule has 1 aromatic rings. The highest BCUT2D eigenvalue weighted by Crippen LogP contribution is 2.39. The molecule has 0 atom stereocenters. The average Bonchev–Trinajstić information content (AvgIpc) is 2.84. The molecule has 2 N–H and O–H groups in total. The van der Waals surface area contributed by atoms with Crippen molar-refractivity contribution in [3.05, 3.63) is 11.5 Å². The lowest BCUT2D eigenvalue weighted by atomic mass is 9.85. The van der Waals surface area contributed by atoms with Gasteiger partial charge in [0.05, 0.1) is 0 Å². The molecule has 1 heterocycles. The Morgan fingerprint density at radius 2 is 2.00 bits per heavy atom. The van der Waals surface area contributed by atoms with Crippen LogP contribution in [-0.2, 0) is 0 Å². The first-order valence-electron chi connectivity index (χ1n) is 7.13. The Morgan fingerprint density at radius 3 is 2.60 bits per heavy atom. The van der Waals surface area contributed by atoms with Crippen LogP contribution in [0.5, 0.6) is 0 Å². The molecule has 0 aromatic carbocycles. The largest absolute Gasteiger partial charge is 0.383 e. The quantitative estimate of drug-likeness (QED) is 0.791. The first-order valence-corrected chi connectivity index (χ1v) is 7.51. The van der Waals surface area contributed by atoms with Gasteiger partial charge in [-0.1, -0.05) is 24.4 Å². The van der Waals surface area contributed by atoms with Gasteiger partial charge in [-0.05, 0) is 26.9 Å². The van der Waals surface area contributed by atoms with Crippen LogP contribution in [0.4, 0.5) is 11.5 Å². The van der Waals surface area contributed by atoms with Crippen LogP contribution in [0.2, 0.25) is 5.15 Å². The van der Waals surface area contributed by atoms with Crippen LogP contribution in [0, 0.1) is 5.41 Å². The van der Waals surface area contributed by atoms with E-state index in [4.69, 9.17) is 11.6 Å². The lowest BCUT2D eigenvalue weighted by Gasteiger charge is -2.32. The van der Waals surface area contributed by atoms with Crippen LogP contribution in [0.25, 0.3) is 0 Å². The maximum atomic E-state index is 6.08. The first kappa shape index (κ1) is 15.3. The van der Waals surface area contributed by atoms with Crippen molar-refractivity contribution in [3.63, 3.8) is 0 Å². The Balaban J connectivity index is 2.08. The zero-order valence-electron chi connectivity index (χ0n) is 12.5. The van der Waals surface area contributed by atoms with Gasteiger partial charge < -0.3 is 15.5 Å². The van der Waals surface area contributed by atoms with Crippen molar-refractivity contribution in [1.82, 2.24) is 14.9 Å². The second-order valence-corrected chi connectivity index (χ2v) is 6.29. The summed E-state index contributed by atoms with van der Waals surface area (Å²) in [5.74, 6) is 0.789. The smallest absolute Gasteiger partial charge is 0.157 e. The van der Waals surface area contributed by atoms with E-state index in [0.717, 1.165) is 24.6 Å². The molecule has 0 saturated heterocycles. The Labute approximate surface area is 126 Å². The third kappa shape index (κ3) is 3.52. The molecule has 1 fully saturated rings. The molecule has 0 radical (unpaired) electrons. The van der Waals surface area contributed by atoms with Gasteiger partial charge >= 0.3 is 0 Å². The molecule has 112 valence electrons. The lowest BCUT2D eigenvalue weighted by Crippen LogP contribution is -2.37. The Morgan fingerprint density at radius 1 is 1.30 bits per heavy atom. The molecular weight excluding hydrogens is 274 g/mol. The van der Waals surface area contributed by atoms with E-state index in [1.54, 1.807) is 0 Å². The Kier molecular flexibility index (Phi) is 5.05. The highest BCUT2D eigenvalue weighted by atomic mass is 35.5. The third-order valence-electron chi connectivity index (χ3n) is 4.00. The Hall–Kier alpha value is -1.07. The molecule has 0 unspecified atom stereocenters. The third-order valence-corrected chi connectivity index (χ3v) is 4.28. The van der Waals surface area contributed by atoms with Crippen LogP contribution < -0.4 is 10.6 Å². The van der Waals surface area contributed by atoms with E-state index < -0.39 is 0 Å². The van der Waals surface area contributed by atoms with Gasteiger partial charge in [-0.25, -0.2) is 9.97 Å². The fraction of sp³-hybridized carbons (Fsp3) is 0.714. The van der Waals surface area contributed by atoms with Crippen LogP contribution in [0.15, 0.2) is 6.33 Å². The van der Waals surface area contributed by atoms with Crippen molar-refractivity contribution in [2.75, 3.05) is 44.9 Å². The predicted octanol–water partition coefficient (Wildman–Crippen LogP) is 2.71. The second-order valence-electron chi connectivity index (χ2n) is 5.94. The molecule has 1 aliphatic carbocycles. The number of hydrogen-bond donors (Lipinski definition) is 2. The van der Waals surface area contributed by atoms with Crippen LogP contribution in [0.3, 0.4) is 0 Å². The monoisotopic (exact) mass is 297 g/mol. The van der Waals surface area contributed by atoms with Gasteiger partial charge in [-0.2, -0.15) is 0 Å². The summed E-state index contributed by atoms with van der Waals surface area (Å²) in [7, 11) is 6.11. The maximum Gasteiger partial charge on any atom is 0.157 e. The maximum absolute atomic E-state index is 6.08. The van der Waals surface area contributed by atoms with Crippen molar-refractivity contribution in [1.29, 1.82) is 0 Å². The van der Waals surface area contributed by atoms with Gasteiger partial charge in [0, 0.05) is 25.6 Å². The molecule has 0 aliphatic heterocycles. The van der Waals surface area contributed by atoms with Crippen LogP contribution in [-0.4, -0.2) is 49.1 Å². The minimum Gasteiger partial charge on any atom is -0.383 e. The predicted molar refractivity (Wildman–Crippen MR) is 84.5 cm³/mol. The summed E-state index contributed by atoms with van der Waals surface area (Å²) in [5.41, 5.74) is 1.11. The van der Waals surface area contributed by atoms with E-state index in [-0.39, 0.29) is 0 Å². The first-order chi connectivity index (χ1) is 9.56. The summed E-state index contributed by atoms with van der Waals surface area (Å²) in [5, 5.41) is 6.99. The molecule has 20 heavy (non-hydrogen) atoms. The summed E-state index contributed by atoms with van der Waals surface area (Å²) in [6.07, 6.45) is 6.68. The summed E-state index contributed by atoms with van der Waals surface area (Å²) in [6, 6.07) is 0. The molecule has 6 heteroatoms. The number of halogens is 1. The normalized spacial score (nSPS) is 17.4. The van der Waals surface area contributed by atoms with E-state index in [1.807, 2.05) is 7.05 Å². The van der Waals surface area contributed by atoms with E-state index in [0.29, 0.717) is 10.6 Å². The zero-order chi connectivity index (χ0) is 14.6. The number of hydrogen-bond acceptors (Lipinski definition) is 5. The number of rotatable bonds is 6. The molecule has 0 spiro atoms. The van der Waals surface area contributed by atoms with E-state index >= 15 is 0 Å². The fourth-order valence-electron chi connectivity index (χ4n) is 3.18. The highest BCUT2D eigenvalue weighted by Gasteiger charge is 2.34. The molecule has 0 bridgehead atoms. The molecular formula is C14H24ClN5. The molecule has 1 aromatic heterocycles. The van der Waals surface area contributed by atoms with E-state index in [2.05, 4.69) is 39.6 Å². The van der Waals surface area contributed by atoms with Crippen LogP contribution >= 0.6 is 11.6 Å². The van der Waals surface area contributed by atoms with Crippen molar-refractivity contribution >= 4 is 23.1 Å². The van der Waals surface area contributed by atoms with Gasteiger partial charge in [0.25, 0.3) is 0 Å². The minimum atomic E-state index is 0.339. The topological polar surface area (TPSA) is 53.1 Å². The zero-order valence-corrected chi connectivity index (χ0v) is 13.3. The fourth-order valence-corrected chi connectivity index (χ4v) is 3.41. The summed E-state index contributed by atoms with van der Waals surface area (Å²) >= 11 is 6.08. The number of anilines is 2. The van der Waals surface area contributed by atoms with Crippen molar-refractivity contribution in [3.8, 4) is 0 Å². The van der Waals surface area contributed by atoms with Crippen molar-refractivity contribution in [2.45, 2.75) is 25.7 Å². The van der Waals surface area contributed by atoms with Crippen molar-refractivity contribution in [2.24, 2.45) is 5.41 Å². The molecule has 5 nitrogen and oxygen atoms in total. The van der Waals surface area contributed by atoms with Crippen LogP contribution in [0.1, 0.15) is 25.7 Å². The highest BCUT2D eigenvalue weighted by molar-refractivity contribution is 6.32. The van der Waals surface area contributed by atoms with E-state index in [9.17, 15) is 0 Å². The molecule has 1 aliphatic rings. The summed E-state index contributed by atoms with van der Waals surface area (Å²) in [4.78, 5) is 10.6. The number of nitrogens with one attached hydrogen (secondary N) is 2. The number of nitrogens with zero attached hydrogens (tertiary/aromatic N) is 3. The SMILES string of the molecule is CNc1c(Cl)ncnc1NCC1(CN(C)C)CCCC1. The molecule has 2 rings (SSSR count). The van der Waals surface area contributed by atoms with E-state index in [1.165, 1.54) is 32.0 Å². The molecule has 0 amide bonds. The summed E-state index contributed by atoms with van der Waals surface area (Å²) < 4.78 is 0. The second kappa shape index (κ2) is 6.59. The lowest BCUT2D eigenvalue weighted by molar-refractivity contribution is 0.215. The summed E-state index contributed by atoms with van der Waals surface area (Å²) in [6.45, 7) is 2.03. The minimum absolute atomic E-state index is 0.339. The van der Waals surface area contributed by atoms with Gasteiger partial charge in [0.2, 0.25) is 0 Å².